The lowest BCUT2D eigenvalue weighted by Gasteiger charge is -2.07. The number of para-hydroxylation sites is 2. The summed E-state index contributed by atoms with van der Waals surface area (Å²) < 4.78 is 2.49. The van der Waals surface area contributed by atoms with E-state index in [-0.39, 0.29) is 0 Å². The van der Waals surface area contributed by atoms with Crippen molar-refractivity contribution in [3.05, 3.63) is 48.5 Å². The van der Waals surface area contributed by atoms with Crippen molar-refractivity contribution in [2.24, 2.45) is 0 Å². The van der Waals surface area contributed by atoms with Gasteiger partial charge >= 0.3 is 0 Å². The molecular formula is C20H24ClN. The van der Waals surface area contributed by atoms with E-state index < -0.39 is 0 Å². The first-order valence-corrected chi connectivity index (χ1v) is 8.97. The monoisotopic (exact) mass is 313 g/mol. The van der Waals surface area contributed by atoms with Crippen LogP contribution in [0.25, 0.3) is 21.8 Å². The van der Waals surface area contributed by atoms with E-state index in [2.05, 4.69) is 53.1 Å². The average Bonchev–Trinajstić information content (AvgIpc) is 2.89. The molecule has 0 aliphatic carbocycles. The molecule has 0 saturated carbocycles. The number of rotatable bonds is 8. The van der Waals surface area contributed by atoms with Gasteiger partial charge in [-0.25, -0.2) is 0 Å². The molecular weight excluding hydrogens is 290 g/mol. The lowest BCUT2D eigenvalue weighted by Crippen LogP contribution is -1.97. The van der Waals surface area contributed by atoms with Gasteiger partial charge in [0.1, 0.15) is 0 Å². The molecule has 22 heavy (non-hydrogen) atoms. The number of alkyl halides is 1. The Bertz CT molecular complexity index is 675. The van der Waals surface area contributed by atoms with Crippen molar-refractivity contribution in [2.45, 2.75) is 45.1 Å². The largest absolute Gasteiger partial charge is 0.340 e. The quantitative estimate of drug-likeness (QED) is 0.336. The highest BCUT2D eigenvalue weighted by Crippen LogP contribution is 2.29. The van der Waals surface area contributed by atoms with Crippen LogP contribution >= 0.6 is 11.6 Å². The molecule has 3 rings (SSSR count). The van der Waals surface area contributed by atoms with Crippen molar-refractivity contribution < 1.29 is 0 Å². The Morgan fingerprint density at radius 1 is 0.636 bits per heavy atom. The van der Waals surface area contributed by atoms with Crippen LogP contribution in [0.4, 0.5) is 0 Å². The summed E-state index contributed by atoms with van der Waals surface area (Å²) in [7, 11) is 0. The first-order valence-electron chi connectivity index (χ1n) is 8.44. The Labute approximate surface area is 137 Å². The molecule has 0 aliphatic rings. The molecule has 0 unspecified atom stereocenters. The minimum Gasteiger partial charge on any atom is -0.340 e. The highest BCUT2D eigenvalue weighted by Gasteiger charge is 2.08. The second kappa shape index (κ2) is 7.69. The number of halogens is 1. The van der Waals surface area contributed by atoms with Crippen LogP contribution in [0, 0.1) is 0 Å². The topological polar surface area (TPSA) is 4.93 Å². The number of benzene rings is 2. The van der Waals surface area contributed by atoms with Gasteiger partial charge in [0.15, 0.2) is 0 Å². The Morgan fingerprint density at radius 3 is 1.73 bits per heavy atom. The zero-order valence-electron chi connectivity index (χ0n) is 13.1. The molecule has 3 aromatic rings. The summed E-state index contributed by atoms with van der Waals surface area (Å²) in [6.07, 6.45) is 7.65. The van der Waals surface area contributed by atoms with Crippen molar-refractivity contribution in [3.63, 3.8) is 0 Å². The summed E-state index contributed by atoms with van der Waals surface area (Å²) in [6.45, 7) is 1.11. The van der Waals surface area contributed by atoms with Crippen LogP contribution in [0.5, 0.6) is 0 Å². The van der Waals surface area contributed by atoms with Crippen molar-refractivity contribution in [2.75, 3.05) is 5.88 Å². The highest BCUT2D eigenvalue weighted by atomic mass is 35.5. The van der Waals surface area contributed by atoms with Gasteiger partial charge in [-0.1, -0.05) is 62.1 Å². The molecule has 0 spiro atoms. The minimum absolute atomic E-state index is 0.807. The lowest BCUT2D eigenvalue weighted by atomic mass is 10.1. The van der Waals surface area contributed by atoms with E-state index >= 15 is 0 Å². The zero-order chi connectivity index (χ0) is 15.2. The molecule has 0 saturated heterocycles. The molecule has 116 valence electrons. The van der Waals surface area contributed by atoms with E-state index in [1.807, 2.05) is 0 Å². The fraction of sp³-hybridized carbons (Fsp3) is 0.400. The standard InChI is InChI=1S/C20H24ClN/c21-15-9-3-1-2-4-10-16-22-19-13-7-5-11-17(19)18-12-6-8-14-20(18)22/h5-8,11-14H,1-4,9-10,15-16H2. The number of hydrogen-bond donors (Lipinski definition) is 0. The Balaban J connectivity index is 1.70. The van der Waals surface area contributed by atoms with Crippen molar-refractivity contribution in [1.82, 2.24) is 4.57 Å². The number of unbranched alkanes of at least 4 members (excludes halogenated alkanes) is 5. The van der Waals surface area contributed by atoms with E-state index in [0.29, 0.717) is 0 Å². The maximum atomic E-state index is 5.72. The predicted molar refractivity (Wildman–Crippen MR) is 97.9 cm³/mol. The van der Waals surface area contributed by atoms with Crippen molar-refractivity contribution in [1.29, 1.82) is 0 Å². The van der Waals surface area contributed by atoms with Crippen molar-refractivity contribution in [3.8, 4) is 0 Å². The second-order valence-electron chi connectivity index (χ2n) is 6.00. The SMILES string of the molecule is ClCCCCCCCCn1c2ccccc2c2ccccc21. The molecule has 0 N–H and O–H groups in total. The maximum absolute atomic E-state index is 5.72. The number of hydrogen-bond acceptors (Lipinski definition) is 0. The van der Waals surface area contributed by atoms with E-state index in [1.165, 1.54) is 53.9 Å². The van der Waals surface area contributed by atoms with Gasteiger partial charge in [-0.05, 0) is 25.0 Å². The fourth-order valence-corrected chi connectivity index (χ4v) is 3.50. The third-order valence-corrected chi connectivity index (χ3v) is 4.71. The molecule has 0 bridgehead atoms. The first-order chi connectivity index (χ1) is 10.9. The number of nitrogens with zero attached hydrogens (tertiary/aromatic N) is 1. The van der Waals surface area contributed by atoms with Gasteiger partial charge in [-0.2, -0.15) is 0 Å². The van der Waals surface area contributed by atoms with Gasteiger partial charge in [0, 0.05) is 34.2 Å². The molecule has 0 atom stereocenters. The normalized spacial score (nSPS) is 11.5. The van der Waals surface area contributed by atoms with Gasteiger partial charge in [-0.15, -0.1) is 11.6 Å². The smallest absolute Gasteiger partial charge is 0.0491 e. The summed E-state index contributed by atoms with van der Waals surface area (Å²) in [5.41, 5.74) is 2.73. The third kappa shape index (κ3) is 3.30. The summed E-state index contributed by atoms with van der Waals surface area (Å²) in [4.78, 5) is 0. The fourth-order valence-electron chi connectivity index (χ4n) is 3.32. The summed E-state index contributed by atoms with van der Waals surface area (Å²) >= 11 is 5.72. The molecule has 0 radical (unpaired) electrons. The second-order valence-corrected chi connectivity index (χ2v) is 6.37. The van der Waals surface area contributed by atoms with Gasteiger partial charge in [0.05, 0.1) is 0 Å². The van der Waals surface area contributed by atoms with E-state index in [0.717, 1.165) is 18.8 Å². The Hall–Kier alpha value is -1.47. The lowest BCUT2D eigenvalue weighted by molar-refractivity contribution is 0.572. The first kappa shape index (κ1) is 15.4. The van der Waals surface area contributed by atoms with Crippen LogP contribution in [0.2, 0.25) is 0 Å². The van der Waals surface area contributed by atoms with Gasteiger partial charge in [0.25, 0.3) is 0 Å². The predicted octanol–water partition coefficient (Wildman–Crippen LogP) is 6.37. The van der Waals surface area contributed by atoms with Crippen LogP contribution in [-0.2, 0) is 6.54 Å². The van der Waals surface area contributed by atoms with Crippen LogP contribution in [0.1, 0.15) is 38.5 Å². The minimum atomic E-state index is 0.807. The molecule has 0 amide bonds. The highest BCUT2D eigenvalue weighted by molar-refractivity contribution is 6.17. The van der Waals surface area contributed by atoms with Gasteiger partial charge in [0.2, 0.25) is 0 Å². The van der Waals surface area contributed by atoms with Crippen LogP contribution in [0.15, 0.2) is 48.5 Å². The van der Waals surface area contributed by atoms with E-state index in [1.54, 1.807) is 0 Å². The third-order valence-electron chi connectivity index (χ3n) is 4.45. The van der Waals surface area contributed by atoms with E-state index in [4.69, 9.17) is 11.6 Å². The summed E-state index contributed by atoms with van der Waals surface area (Å²) in [6, 6.07) is 17.5. The Kier molecular flexibility index (Phi) is 5.39. The number of fused-ring (bicyclic) bond motifs is 3. The van der Waals surface area contributed by atoms with Crippen LogP contribution < -0.4 is 0 Å². The molecule has 0 fully saturated rings. The number of aryl methyl sites for hydroxylation is 1. The van der Waals surface area contributed by atoms with Gasteiger partial charge in [-0.3, -0.25) is 0 Å². The summed E-state index contributed by atoms with van der Waals surface area (Å²) in [5, 5.41) is 2.75. The van der Waals surface area contributed by atoms with E-state index in [9.17, 15) is 0 Å². The molecule has 0 aliphatic heterocycles. The molecule has 2 heteroatoms. The van der Waals surface area contributed by atoms with Gasteiger partial charge < -0.3 is 4.57 Å². The number of aromatic nitrogens is 1. The molecule has 1 aromatic heterocycles. The molecule has 1 nitrogen and oxygen atoms in total. The summed E-state index contributed by atoms with van der Waals surface area (Å²) in [5.74, 6) is 0.807. The van der Waals surface area contributed by atoms with Crippen molar-refractivity contribution >= 4 is 33.4 Å². The van der Waals surface area contributed by atoms with Crippen LogP contribution in [-0.4, -0.2) is 10.4 Å². The molecule has 1 heterocycles. The average molecular weight is 314 g/mol. The molecule has 2 aromatic carbocycles. The maximum Gasteiger partial charge on any atom is 0.0491 e. The van der Waals surface area contributed by atoms with Crippen LogP contribution in [0.3, 0.4) is 0 Å². The zero-order valence-corrected chi connectivity index (χ0v) is 13.9. The Morgan fingerprint density at radius 2 is 1.14 bits per heavy atom.